The van der Waals surface area contributed by atoms with Crippen molar-refractivity contribution in [1.82, 2.24) is 5.32 Å². The van der Waals surface area contributed by atoms with Crippen LogP contribution in [-0.4, -0.2) is 20.8 Å². The van der Waals surface area contributed by atoms with Gasteiger partial charge in [-0.15, -0.1) is 0 Å². The highest BCUT2D eigenvalue weighted by Gasteiger charge is 2.20. The van der Waals surface area contributed by atoms with E-state index in [2.05, 4.69) is 17.4 Å². The molecule has 2 aromatic carbocycles. The van der Waals surface area contributed by atoms with E-state index in [1.165, 1.54) is 5.56 Å². The summed E-state index contributed by atoms with van der Waals surface area (Å²) in [6, 6.07) is 14.5. The monoisotopic (exact) mass is 299 g/mol. The zero-order chi connectivity index (χ0) is 15.4. The van der Waals surface area contributed by atoms with Crippen LogP contribution in [0.15, 0.2) is 42.5 Å². The van der Waals surface area contributed by atoms with E-state index in [-0.39, 0.29) is 0 Å². The van der Waals surface area contributed by atoms with Crippen molar-refractivity contribution in [3.8, 4) is 17.2 Å². The fraction of sp³-hybridized carbons (Fsp3) is 0.333. The summed E-state index contributed by atoms with van der Waals surface area (Å²) in [7, 11) is 3.33. The van der Waals surface area contributed by atoms with E-state index in [0.29, 0.717) is 6.04 Å². The minimum atomic E-state index is 0.308. The molecule has 0 saturated heterocycles. The van der Waals surface area contributed by atoms with Crippen LogP contribution in [-0.2, 0) is 6.54 Å². The molecule has 1 N–H and O–H groups in total. The predicted molar refractivity (Wildman–Crippen MR) is 85.7 cm³/mol. The van der Waals surface area contributed by atoms with E-state index in [1.807, 2.05) is 30.3 Å². The summed E-state index contributed by atoms with van der Waals surface area (Å²) in [6.45, 7) is 1.50. The van der Waals surface area contributed by atoms with Crippen LogP contribution in [0.2, 0.25) is 0 Å². The largest absolute Gasteiger partial charge is 0.497 e. The first-order valence-electron chi connectivity index (χ1n) is 7.47. The summed E-state index contributed by atoms with van der Waals surface area (Å²) in [4.78, 5) is 0. The molecule has 0 spiro atoms. The number of para-hydroxylation sites is 1. The Morgan fingerprint density at radius 2 is 1.82 bits per heavy atom. The highest BCUT2D eigenvalue weighted by molar-refractivity contribution is 5.39. The van der Waals surface area contributed by atoms with Gasteiger partial charge in [0.25, 0.3) is 0 Å². The third kappa shape index (κ3) is 3.17. The maximum Gasteiger partial charge on any atom is 0.124 e. The summed E-state index contributed by atoms with van der Waals surface area (Å²) < 4.78 is 16.3. The molecule has 1 atom stereocenters. The van der Waals surface area contributed by atoms with Crippen LogP contribution in [0.4, 0.5) is 0 Å². The Labute approximate surface area is 131 Å². The van der Waals surface area contributed by atoms with E-state index in [1.54, 1.807) is 14.2 Å². The number of rotatable bonds is 5. The quantitative estimate of drug-likeness (QED) is 0.919. The van der Waals surface area contributed by atoms with Crippen molar-refractivity contribution in [2.75, 3.05) is 20.8 Å². The van der Waals surface area contributed by atoms with Gasteiger partial charge in [-0.2, -0.15) is 0 Å². The highest BCUT2D eigenvalue weighted by Crippen LogP contribution is 2.32. The Morgan fingerprint density at radius 3 is 2.55 bits per heavy atom. The number of benzene rings is 2. The van der Waals surface area contributed by atoms with Gasteiger partial charge in [0.1, 0.15) is 17.2 Å². The van der Waals surface area contributed by atoms with Gasteiger partial charge in [-0.05, 0) is 23.8 Å². The zero-order valence-corrected chi connectivity index (χ0v) is 13.0. The molecule has 0 saturated carbocycles. The summed E-state index contributed by atoms with van der Waals surface area (Å²) >= 11 is 0. The molecule has 2 aromatic rings. The number of methoxy groups -OCH3 is 2. The third-order valence-electron chi connectivity index (χ3n) is 3.92. The van der Waals surface area contributed by atoms with Gasteiger partial charge >= 0.3 is 0 Å². The van der Waals surface area contributed by atoms with E-state index in [0.717, 1.165) is 42.4 Å². The van der Waals surface area contributed by atoms with Crippen LogP contribution >= 0.6 is 0 Å². The van der Waals surface area contributed by atoms with Gasteiger partial charge in [0.05, 0.1) is 20.8 Å². The minimum Gasteiger partial charge on any atom is -0.497 e. The van der Waals surface area contributed by atoms with E-state index in [9.17, 15) is 0 Å². The first-order valence-corrected chi connectivity index (χ1v) is 7.47. The normalized spacial score (nSPS) is 16.5. The Bertz CT molecular complexity index is 620. The third-order valence-corrected chi connectivity index (χ3v) is 3.92. The molecule has 0 aromatic heterocycles. The summed E-state index contributed by atoms with van der Waals surface area (Å²) in [5.41, 5.74) is 2.36. The van der Waals surface area contributed by atoms with Crippen LogP contribution in [0.3, 0.4) is 0 Å². The van der Waals surface area contributed by atoms with Crippen molar-refractivity contribution < 1.29 is 14.2 Å². The highest BCUT2D eigenvalue weighted by atomic mass is 16.5. The Kier molecular flexibility index (Phi) is 4.49. The van der Waals surface area contributed by atoms with Crippen LogP contribution < -0.4 is 19.5 Å². The molecule has 0 aliphatic carbocycles. The van der Waals surface area contributed by atoms with Gasteiger partial charge in [-0.1, -0.05) is 18.2 Å². The lowest BCUT2D eigenvalue weighted by molar-refractivity contribution is 0.252. The maximum atomic E-state index is 5.70. The molecule has 1 unspecified atom stereocenters. The second-order valence-electron chi connectivity index (χ2n) is 5.33. The fourth-order valence-electron chi connectivity index (χ4n) is 2.76. The minimum absolute atomic E-state index is 0.308. The van der Waals surface area contributed by atoms with Crippen molar-refractivity contribution >= 4 is 0 Å². The van der Waals surface area contributed by atoms with Crippen molar-refractivity contribution in [2.45, 2.75) is 19.0 Å². The Morgan fingerprint density at radius 1 is 1.09 bits per heavy atom. The number of nitrogens with one attached hydrogen (secondary N) is 1. The topological polar surface area (TPSA) is 39.7 Å². The van der Waals surface area contributed by atoms with E-state index >= 15 is 0 Å². The SMILES string of the molecule is COc1cc(CNC2CCOc3ccccc32)cc(OC)c1. The number of hydrogen-bond acceptors (Lipinski definition) is 4. The number of hydrogen-bond donors (Lipinski definition) is 1. The van der Waals surface area contributed by atoms with Crippen LogP contribution in [0.1, 0.15) is 23.6 Å². The molecule has 3 rings (SSSR count). The van der Waals surface area contributed by atoms with E-state index in [4.69, 9.17) is 14.2 Å². The first-order chi connectivity index (χ1) is 10.8. The summed E-state index contributed by atoms with van der Waals surface area (Å²) in [6.07, 6.45) is 0.970. The molecule has 1 aliphatic rings. The molecule has 1 aliphatic heterocycles. The van der Waals surface area contributed by atoms with Crippen LogP contribution in [0.5, 0.6) is 17.2 Å². The Hall–Kier alpha value is -2.20. The molecule has 0 bridgehead atoms. The summed E-state index contributed by atoms with van der Waals surface area (Å²) in [5, 5.41) is 3.61. The molecular weight excluding hydrogens is 278 g/mol. The van der Waals surface area contributed by atoms with Gasteiger partial charge in [0.15, 0.2) is 0 Å². The average molecular weight is 299 g/mol. The molecule has 0 amide bonds. The van der Waals surface area contributed by atoms with Gasteiger partial charge in [0.2, 0.25) is 0 Å². The van der Waals surface area contributed by atoms with Crippen molar-refractivity contribution in [1.29, 1.82) is 0 Å². The molecular formula is C18H21NO3. The van der Waals surface area contributed by atoms with Crippen molar-refractivity contribution in [3.05, 3.63) is 53.6 Å². The molecule has 0 fully saturated rings. The molecule has 116 valence electrons. The van der Waals surface area contributed by atoms with Crippen LogP contribution in [0.25, 0.3) is 0 Å². The number of ether oxygens (including phenoxy) is 3. The predicted octanol–water partition coefficient (Wildman–Crippen LogP) is 3.32. The lowest BCUT2D eigenvalue weighted by Crippen LogP contribution is -2.26. The molecule has 1 heterocycles. The average Bonchev–Trinajstić information content (AvgIpc) is 2.59. The zero-order valence-electron chi connectivity index (χ0n) is 13.0. The molecule has 4 nitrogen and oxygen atoms in total. The molecule has 22 heavy (non-hydrogen) atoms. The fourth-order valence-corrected chi connectivity index (χ4v) is 2.76. The van der Waals surface area contributed by atoms with Crippen molar-refractivity contribution in [2.24, 2.45) is 0 Å². The first kappa shape index (κ1) is 14.7. The lowest BCUT2D eigenvalue weighted by atomic mass is 10.0. The van der Waals surface area contributed by atoms with Crippen LogP contribution in [0, 0.1) is 0 Å². The lowest BCUT2D eigenvalue weighted by Gasteiger charge is -2.26. The Balaban J connectivity index is 1.73. The summed E-state index contributed by atoms with van der Waals surface area (Å²) in [5.74, 6) is 2.60. The standard InChI is InChI=1S/C18H21NO3/c1-20-14-9-13(10-15(11-14)21-2)12-19-17-7-8-22-18-6-4-3-5-16(17)18/h3-6,9-11,17,19H,7-8,12H2,1-2H3. The van der Waals surface area contributed by atoms with Gasteiger partial charge in [0, 0.05) is 30.6 Å². The van der Waals surface area contributed by atoms with Gasteiger partial charge in [-0.3, -0.25) is 0 Å². The van der Waals surface area contributed by atoms with Crippen molar-refractivity contribution in [3.63, 3.8) is 0 Å². The molecule has 0 radical (unpaired) electrons. The van der Waals surface area contributed by atoms with Gasteiger partial charge in [-0.25, -0.2) is 0 Å². The van der Waals surface area contributed by atoms with E-state index < -0.39 is 0 Å². The second kappa shape index (κ2) is 6.71. The molecule has 4 heteroatoms. The van der Waals surface area contributed by atoms with Gasteiger partial charge < -0.3 is 19.5 Å². The second-order valence-corrected chi connectivity index (χ2v) is 5.33. The number of fused-ring (bicyclic) bond motifs is 1. The smallest absolute Gasteiger partial charge is 0.124 e. The maximum absolute atomic E-state index is 5.70.